The first-order valence-electron chi connectivity index (χ1n) is 7.97. The van der Waals surface area contributed by atoms with Crippen LogP contribution < -0.4 is 10.6 Å². The van der Waals surface area contributed by atoms with E-state index >= 15 is 0 Å². The molecule has 2 aromatic heterocycles. The number of aromatic nitrogens is 3. The third kappa shape index (κ3) is 4.60. The van der Waals surface area contributed by atoms with Gasteiger partial charge in [-0.05, 0) is 49.7 Å². The summed E-state index contributed by atoms with van der Waals surface area (Å²) in [6.45, 7) is 4.20. The van der Waals surface area contributed by atoms with Crippen molar-refractivity contribution in [3.8, 4) is 0 Å². The molecule has 0 atom stereocenters. The van der Waals surface area contributed by atoms with Crippen molar-refractivity contribution < 1.29 is 4.79 Å². The van der Waals surface area contributed by atoms with Crippen molar-refractivity contribution in [3.63, 3.8) is 0 Å². The second-order valence-corrected chi connectivity index (χ2v) is 5.72. The normalized spacial score (nSPS) is 10.3. The number of aryl methyl sites for hydroxylation is 2. The van der Waals surface area contributed by atoms with Gasteiger partial charge in [0.15, 0.2) is 0 Å². The second kappa shape index (κ2) is 7.53. The summed E-state index contributed by atoms with van der Waals surface area (Å²) in [5.74, 6) is 0.136. The first-order valence-corrected chi connectivity index (χ1v) is 7.97. The molecule has 0 aliphatic rings. The van der Waals surface area contributed by atoms with Gasteiger partial charge in [0.05, 0.1) is 12.2 Å². The number of benzene rings is 1. The van der Waals surface area contributed by atoms with Gasteiger partial charge in [-0.25, -0.2) is 9.97 Å². The maximum Gasteiger partial charge on any atom is 0.270 e. The van der Waals surface area contributed by atoms with E-state index in [0.717, 1.165) is 16.9 Å². The lowest BCUT2D eigenvalue weighted by molar-refractivity contribution is 0.0945. The maximum atomic E-state index is 12.4. The summed E-state index contributed by atoms with van der Waals surface area (Å²) < 4.78 is 0. The Bertz CT molecular complexity index is 880. The smallest absolute Gasteiger partial charge is 0.270 e. The Morgan fingerprint density at radius 2 is 1.92 bits per heavy atom. The molecule has 2 heterocycles. The van der Waals surface area contributed by atoms with E-state index in [2.05, 4.69) is 25.6 Å². The van der Waals surface area contributed by atoms with Crippen LogP contribution in [0.5, 0.6) is 0 Å². The molecule has 25 heavy (non-hydrogen) atoms. The molecule has 0 aliphatic carbocycles. The molecule has 0 bridgehead atoms. The van der Waals surface area contributed by atoms with Crippen LogP contribution in [-0.4, -0.2) is 20.9 Å². The Hall–Kier alpha value is -3.28. The highest BCUT2D eigenvalue weighted by atomic mass is 16.1. The van der Waals surface area contributed by atoms with Crippen molar-refractivity contribution in [1.82, 2.24) is 20.3 Å². The highest BCUT2D eigenvalue weighted by Gasteiger charge is 2.11. The molecule has 3 rings (SSSR count). The lowest BCUT2D eigenvalue weighted by Gasteiger charge is -2.09. The van der Waals surface area contributed by atoms with Gasteiger partial charge in [0, 0.05) is 17.6 Å². The molecule has 0 saturated heterocycles. The first kappa shape index (κ1) is 16.6. The fourth-order valence-electron chi connectivity index (χ4n) is 2.36. The minimum absolute atomic E-state index is 0.261. The summed E-state index contributed by atoms with van der Waals surface area (Å²) in [5, 5.41) is 5.96. The number of pyridine rings is 1. The van der Waals surface area contributed by atoms with Gasteiger partial charge in [-0.1, -0.05) is 18.2 Å². The summed E-state index contributed by atoms with van der Waals surface area (Å²) in [6, 6.07) is 15.1. The van der Waals surface area contributed by atoms with E-state index in [9.17, 15) is 4.79 Å². The Balaban J connectivity index is 1.73. The molecule has 1 amide bonds. The fourth-order valence-corrected chi connectivity index (χ4v) is 2.36. The molecule has 6 nitrogen and oxygen atoms in total. The standard InChI is InChI=1S/C19H19N5O/c1-13-6-5-8-15(10-13)23-19-22-14(2)11-17(24-19)18(25)21-12-16-7-3-4-9-20-16/h3-11H,12H2,1-2H3,(H,21,25)(H,22,23,24). The van der Waals surface area contributed by atoms with Crippen molar-refractivity contribution >= 4 is 17.5 Å². The van der Waals surface area contributed by atoms with Gasteiger partial charge in [0.1, 0.15) is 5.69 Å². The number of carbonyl (C=O) groups is 1. The predicted octanol–water partition coefficient (Wildman–Crippen LogP) is 3.16. The molecule has 2 N–H and O–H groups in total. The van der Waals surface area contributed by atoms with Gasteiger partial charge in [-0.2, -0.15) is 0 Å². The Kier molecular flexibility index (Phi) is 4.99. The fraction of sp³-hybridized carbons (Fsp3) is 0.158. The molecule has 0 unspecified atom stereocenters. The minimum atomic E-state index is -0.261. The molecule has 126 valence electrons. The summed E-state index contributed by atoms with van der Waals surface area (Å²) in [7, 11) is 0. The topological polar surface area (TPSA) is 79.8 Å². The number of hydrogen-bond acceptors (Lipinski definition) is 5. The van der Waals surface area contributed by atoms with Gasteiger partial charge < -0.3 is 10.6 Å². The average Bonchev–Trinajstić information content (AvgIpc) is 2.60. The van der Waals surface area contributed by atoms with E-state index in [0.29, 0.717) is 23.9 Å². The second-order valence-electron chi connectivity index (χ2n) is 5.72. The van der Waals surface area contributed by atoms with Crippen LogP contribution in [0.15, 0.2) is 54.7 Å². The summed E-state index contributed by atoms with van der Waals surface area (Å²) in [6.07, 6.45) is 1.69. The zero-order chi connectivity index (χ0) is 17.6. The Morgan fingerprint density at radius 1 is 1.04 bits per heavy atom. The van der Waals surface area contributed by atoms with Gasteiger partial charge in [0.2, 0.25) is 5.95 Å². The molecule has 6 heteroatoms. The molecule has 0 fully saturated rings. The number of hydrogen-bond donors (Lipinski definition) is 2. The van der Waals surface area contributed by atoms with Crippen molar-refractivity contribution in [2.75, 3.05) is 5.32 Å². The third-order valence-electron chi connectivity index (χ3n) is 3.52. The molecular formula is C19H19N5O. The van der Waals surface area contributed by atoms with E-state index in [4.69, 9.17) is 0 Å². The SMILES string of the molecule is Cc1cccc(Nc2nc(C)cc(C(=O)NCc3ccccn3)n2)c1. The van der Waals surface area contributed by atoms with Gasteiger partial charge >= 0.3 is 0 Å². The zero-order valence-corrected chi connectivity index (χ0v) is 14.2. The largest absolute Gasteiger partial charge is 0.345 e. The van der Waals surface area contributed by atoms with E-state index in [1.54, 1.807) is 12.3 Å². The molecule has 1 aromatic carbocycles. The molecular weight excluding hydrogens is 314 g/mol. The lowest BCUT2D eigenvalue weighted by atomic mass is 10.2. The van der Waals surface area contributed by atoms with Crippen LogP contribution in [0, 0.1) is 13.8 Å². The van der Waals surface area contributed by atoms with Crippen LogP contribution in [0.2, 0.25) is 0 Å². The van der Waals surface area contributed by atoms with E-state index in [1.807, 2.05) is 56.3 Å². The summed E-state index contributed by atoms with van der Waals surface area (Å²) >= 11 is 0. The van der Waals surface area contributed by atoms with Crippen molar-refractivity contribution in [2.24, 2.45) is 0 Å². The van der Waals surface area contributed by atoms with Crippen LogP contribution in [0.4, 0.5) is 11.6 Å². The number of nitrogens with one attached hydrogen (secondary N) is 2. The van der Waals surface area contributed by atoms with Gasteiger partial charge in [-0.15, -0.1) is 0 Å². The summed E-state index contributed by atoms with van der Waals surface area (Å²) in [5.41, 5.74) is 3.84. The number of carbonyl (C=O) groups excluding carboxylic acids is 1. The monoisotopic (exact) mass is 333 g/mol. The number of nitrogens with zero attached hydrogens (tertiary/aromatic N) is 3. The van der Waals surface area contributed by atoms with Gasteiger partial charge in [0.25, 0.3) is 5.91 Å². The van der Waals surface area contributed by atoms with Crippen molar-refractivity contribution in [1.29, 1.82) is 0 Å². The number of amides is 1. The zero-order valence-electron chi connectivity index (χ0n) is 14.2. The van der Waals surface area contributed by atoms with Crippen LogP contribution in [-0.2, 0) is 6.54 Å². The highest BCUT2D eigenvalue weighted by Crippen LogP contribution is 2.15. The molecule has 0 radical (unpaired) electrons. The molecule has 0 spiro atoms. The van der Waals surface area contributed by atoms with Crippen molar-refractivity contribution in [2.45, 2.75) is 20.4 Å². The summed E-state index contributed by atoms with van der Waals surface area (Å²) in [4.78, 5) is 25.2. The maximum absolute atomic E-state index is 12.4. The quantitative estimate of drug-likeness (QED) is 0.750. The van der Waals surface area contributed by atoms with E-state index in [1.165, 1.54) is 0 Å². The lowest BCUT2D eigenvalue weighted by Crippen LogP contribution is -2.24. The number of anilines is 2. The molecule has 0 aliphatic heterocycles. The van der Waals surface area contributed by atoms with Crippen LogP contribution in [0.25, 0.3) is 0 Å². The van der Waals surface area contributed by atoms with Crippen molar-refractivity contribution in [3.05, 3.63) is 77.4 Å². The molecule has 0 saturated carbocycles. The predicted molar refractivity (Wildman–Crippen MR) is 96.6 cm³/mol. The number of rotatable bonds is 5. The first-order chi connectivity index (χ1) is 12.1. The Morgan fingerprint density at radius 3 is 2.68 bits per heavy atom. The van der Waals surface area contributed by atoms with Crippen LogP contribution >= 0.6 is 0 Å². The van der Waals surface area contributed by atoms with Crippen LogP contribution in [0.1, 0.15) is 27.4 Å². The average molecular weight is 333 g/mol. The minimum Gasteiger partial charge on any atom is -0.345 e. The Labute approximate surface area is 146 Å². The van der Waals surface area contributed by atoms with E-state index < -0.39 is 0 Å². The third-order valence-corrected chi connectivity index (χ3v) is 3.52. The van der Waals surface area contributed by atoms with Gasteiger partial charge in [-0.3, -0.25) is 9.78 Å². The molecule has 3 aromatic rings. The highest BCUT2D eigenvalue weighted by molar-refractivity contribution is 5.92. The van der Waals surface area contributed by atoms with Crippen LogP contribution in [0.3, 0.4) is 0 Å². The van der Waals surface area contributed by atoms with E-state index in [-0.39, 0.29) is 5.91 Å².